The van der Waals surface area contributed by atoms with Crippen molar-refractivity contribution in [3.8, 4) is 0 Å². The lowest BCUT2D eigenvalue weighted by Gasteiger charge is -1.85. The zero-order valence-corrected chi connectivity index (χ0v) is 6.54. The largest absolute Gasteiger partial charge is 0.245 e. The summed E-state index contributed by atoms with van der Waals surface area (Å²) in [5.74, 6) is 0. The number of hydrogen-bond donors (Lipinski definition) is 0. The third-order valence-electron chi connectivity index (χ3n) is 1.48. The fourth-order valence-corrected chi connectivity index (χ4v) is 1.67. The Labute approximate surface area is 67.5 Å². The van der Waals surface area contributed by atoms with E-state index in [0.717, 1.165) is 13.9 Å². The highest BCUT2D eigenvalue weighted by molar-refractivity contribution is 7.09. The van der Waals surface area contributed by atoms with E-state index in [1.54, 1.807) is 0 Å². The minimum Gasteiger partial charge on any atom is -0.0616 e. The molecule has 54 valence electrons. The zero-order chi connectivity index (χ0) is 7.68. The van der Waals surface area contributed by atoms with Gasteiger partial charge in [0, 0.05) is 16.4 Å². The van der Waals surface area contributed by atoms with Crippen LogP contribution in [0.3, 0.4) is 0 Å². The SMILES string of the molecule is O=[n+]1ccc2ccccc2s1. The minimum atomic E-state index is 0.850. The van der Waals surface area contributed by atoms with E-state index in [1.807, 2.05) is 30.3 Å². The van der Waals surface area contributed by atoms with Crippen LogP contribution in [-0.2, 0) is 0 Å². The monoisotopic (exact) mass is 164 g/mol. The van der Waals surface area contributed by atoms with Crippen molar-refractivity contribution >= 4 is 21.6 Å². The molecule has 0 aliphatic rings. The molecule has 0 fully saturated rings. The maximum absolute atomic E-state index is 10.8. The molecule has 1 heterocycles. The van der Waals surface area contributed by atoms with Crippen LogP contribution >= 0.6 is 11.5 Å². The second kappa shape index (κ2) is 2.43. The summed E-state index contributed by atoms with van der Waals surface area (Å²) in [5, 5.41) is 1.12. The lowest BCUT2D eigenvalue weighted by molar-refractivity contribution is -0.414. The predicted octanol–water partition coefficient (Wildman–Crippen LogP) is 1.82. The highest BCUT2D eigenvalue weighted by Crippen LogP contribution is 2.12. The van der Waals surface area contributed by atoms with Gasteiger partial charge in [0.1, 0.15) is 8.52 Å². The summed E-state index contributed by atoms with van der Waals surface area (Å²) < 4.78 is 1.87. The summed E-state index contributed by atoms with van der Waals surface area (Å²) in [6, 6.07) is 9.64. The highest BCUT2D eigenvalue weighted by atomic mass is 32.1. The Morgan fingerprint density at radius 1 is 1.18 bits per heavy atom. The standard InChI is InChI=1S/C8H6NOS/c10-9-6-5-7-3-1-2-4-8(7)11-9/h1-6H/q+1. The van der Waals surface area contributed by atoms with Crippen molar-refractivity contribution in [2.45, 2.75) is 0 Å². The van der Waals surface area contributed by atoms with Crippen LogP contribution in [0.4, 0.5) is 0 Å². The van der Waals surface area contributed by atoms with Gasteiger partial charge in [0.05, 0.1) is 0 Å². The third-order valence-corrected chi connectivity index (χ3v) is 2.35. The number of aromatic nitrogens is 1. The average molecular weight is 164 g/mol. The molecule has 0 atom stereocenters. The van der Waals surface area contributed by atoms with Crippen molar-refractivity contribution < 1.29 is 3.82 Å². The van der Waals surface area contributed by atoms with Crippen LogP contribution in [0.25, 0.3) is 10.1 Å². The average Bonchev–Trinajstić information content (AvgIpc) is 2.04. The zero-order valence-electron chi connectivity index (χ0n) is 5.73. The van der Waals surface area contributed by atoms with E-state index in [0.29, 0.717) is 0 Å². The fourth-order valence-electron chi connectivity index (χ4n) is 0.970. The maximum atomic E-state index is 10.8. The summed E-state index contributed by atoms with van der Waals surface area (Å²) in [4.78, 5) is 10.8. The lowest BCUT2D eigenvalue weighted by atomic mass is 10.3. The van der Waals surface area contributed by atoms with Crippen LogP contribution in [0.5, 0.6) is 0 Å². The smallest absolute Gasteiger partial charge is 0.0616 e. The van der Waals surface area contributed by atoms with Crippen LogP contribution < -0.4 is 3.82 Å². The first-order valence-corrected chi connectivity index (χ1v) is 4.05. The van der Waals surface area contributed by atoms with Gasteiger partial charge in [-0.2, -0.15) is 0 Å². The summed E-state index contributed by atoms with van der Waals surface area (Å²) in [7, 11) is 0. The second-order valence-electron chi connectivity index (χ2n) is 2.23. The molecule has 2 nitrogen and oxygen atoms in total. The van der Waals surface area contributed by atoms with Crippen molar-refractivity contribution in [3.05, 3.63) is 41.4 Å². The summed E-state index contributed by atoms with van der Waals surface area (Å²) >= 11 is 1.20. The molecule has 0 aliphatic heterocycles. The van der Waals surface area contributed by atoms with E-state index in [9.17, 15) is 4.91 Å². The topological polar surface area (TPSA) is 23.0 Å². The van der Waals surface area contributed by atoms with Crippen molar-refractivity contribution in [2.75, 3.05) is 0 Å². The van der Waals surface area contributed by atoms with Crippen LogP contribution in [-0.4, -0.2) is 0 Å². The first-order valence-electron chi connectivity index (χ1n) is 3.28. The molecule has 2 aromatic rings. The molecule has 1 aromatic heterocycles. The summed E-state index contributed by atoms with van der Waals surface area (Å²) in [5.41, 5.74) is 0. The number of benzene rings is 1. The van der Waals surface area contributed by atoms with Crippen LogP contribution in [0, 0.1) is 4.91 Å². The van der Waals surface area contributed by atoms with Gasteiger partial charge in [0.25, 0.3) is 0 Å². The fraction of sp³-hybridized carbons (Fsp3) is 0. The van der Waals surface area contributed by atoms with Crippen molar-refractivity contribution in [1.82, 2.24) is 0 Å². The second-order valence-corrected chi connectivity index (χ2v) is 3.21. The Morgan fingerprint density at radius 3 is 2.91 bits per heavy atom. The molecule has 0 aliphatic carbocycles. The molecule has 2 rings (SSSR count). The Balaban J connectivity index is 2.94. The molecule has 0 bridgehead atoms. The van der Waals surface area contributed by atoms with Gasteiger partial charge in [-0.25, -0.2) is 0 Å². The van der Waals surface area contributed by atoms with Gasteiger partial charge < -0.3 is 0 Å². The number of nitrogens with zero attached hydrogens (tertiary/aromatic N) is 1. The Bertz CT molecular complexity index is 435. The summed E-state index contributed by atoms with van der Waals surface area (Å²) in [6.45, 7) is 0. The molecule has 11 heavy (non-hydrogen) atoms. The van der Waals surface area contributed by atoms with E-state index >= 15 is 0 Å². The van der Waals surface area contributed by atoms with Gasteiger partial charge in [-0.3, -0.25) is 0 Å². The number of rotatable bonds is 0. The van der Waals surface area contributed by atoms with E-state index in [2.05, 4.69) is 0 Å². The first-order chi connectivity index (χ1) is 5.36. The molecule has 0 saturated heterocycles. The maximum Gasteiger partial charge on any atom is 0.245 e. The van der Waals surface area contributed by atoms with Gasteiger partial charge in [-0.05, 0) is 6.07 Å². The molecule has 0 spiro atoms. The van der Waals surface area contributed by atoms with Gasteiger partial charge in [-0.1, -0.05) is 18.2 Å². The third kappa shape index (κ3) is 1.14. The molecule has 0 saturated carbocycles. The molecular weight excluding hydrogens is 158 g/mol. The van der Waals surface area contributed by atoms with Gasteiger partial charge in [0.2, 0.25) is 17.7 Å². The molecular formula is C8H6NOS+. The minimum absolute atomic E-state index is 0.850. The molecule has 0 radical (unpaired) electrons. The number of hydrogen-bond acceptors (Lipinski definition) is 2. The van der Waals surface area contributed by atoms with Gasteiger partial charge >= 0.3 is 0 Å². The summed E-state index contributed by atoms with van der Waals surface area (Å²) in [6.07, 6.45) is 1.52. The number of fused-ring (bicyclic) bond motifs is 1. The Kier molecular flexibility index (Phi) is 1.43. The molecule has 3 heteroatoms. The van der Waals surface area contributed by atoms with Crippen molar-refractivity contribution in [2.24, 2.45) is 0 Å². The normalized spacial score (nSPS) is 10.2. The van der Waals surface area contributed by atoms with Gasteiger partial charge in [-0.15, -0.1) is 0 Å². The molecule has 0 amide bonds. The molecule has 1 aromatic carbocycles. The van der Waals surface area contributed by atoms with E-state index < -0.39 is 0 Å². The van der Waals surface area contributed by atoms with Gasteiger partial charge in [0.15, 0.2) is 0 Å². The van der Waals surface area contributed by atoms with Crippen molar-refractivity contribution in [3.63, 3.8) is 0 Å². The van der Waals surface area contributed by atoms with Crippen LogP contribution in [0.1, 0.15) is 0 Å². The van der Waals surface area contributed by atoms with Crippen molar-refractivity contribution in [1.29, 1.82) is 0 Å². The van der Waals surface area contributed by atoms with E-state index in [1.165, 1.54) is 17.7 Å². The predicted molar refractivity (Wildman–Crippen MR) is 45.2 cm³/mol. The molecule has 0 N–H and O–H groups in total. The lowest BCUT2D eigenvalue weighted by Crippen LogP contribution is -2.05. The quantitative estimate of drug-likeness (QED) is 0.544. The van der Waals surface area contributed by atoms with Crippen LogP contribution in [0.2, 0.25) is 0 Å². The van der Waals surface area contributed by atoms with E-state index in [4.69, 9.17) is 0 Å². The Hall–Kier alpha value is -1.22. The Morgan fingerprint density at radius 2 is 2.00 bits per heavy atom. The first kappa shape index (κ1) is 6.49. The molecule has 0 unspecified atom stereocenters. The van der Waals surface area contributed by atoms with E-state index in [-0.39, 0.29) is 0 Å². The van der Waals surface area contributed by atoms with Crippen LogP contribution in [0.15, 0.2) is 36.5 Å². The highest BCUT2D eigenvalue weighted by Gasteiger charge is 1.97.